The van der Waals surface area contributed by atoms with Gasteiger partial charge < -0.3 is 20.3 Å². The molecule has 0 atom stereocenters. The summed E-state index contributed by atoms with van der Waals surface area (Å²) in [6, 6.07) is 7.15. The molecule has 2 aromatic rings. The van der Waals surface area contributed by atoms with Gasteiger partial charge in [0.15, 0.2) is 0 Å². The number of carbonyl (C=O) groups is 1. The molecule has 0 spiro atoms. The number of ether oxygens (including phenoxy) is 1. The molecule has 1 amide bonds. The zero-order valence-electron chi connectivity index (χ0n) is 14.0. The maximum atomic E-state index is 11.8. The Balaban J connectivity index is 1.91. The quantitative estimate of drug-likeness (QED) is 0.442. The molecule has 25 heavy (non-hydrogen) atoms. The van der Waals surface area contributed by atoms with Crippen LogP contribution in [0.25, 0.3) is 0 Å². The number of amides is 1. The minimum absolute atomic E-state index is 0.0257. The Morgan fingerprint density at radius 3 is 2.72 bits per heavy atom. The lowest BCUT2D eigenvalue weighted by Crippen LogP contribution is -2.25. The Morgan fingerprint density at radius 2 is 2.08 bits per heavy atom. The van der Waals surface area contributed by atoms with Crippen molar-refractivity contribution in [2.75, 3.05) is 19.0 Å². The van der Waals surface area contributed by atoms with Gasteiger partial charge in [0.2, 0.25) is 0 Å². The van der Waals surface area contributed by atoms with E-state index in [1.165, 1.54) is 12.4 Å². The third kappa shape index (κ3) is 4.92. The van der Waals surface area contributed by atoms with Crippen LogP contribution in [0.3, 0.4) is 0 Å². The van der Waals surface area contributed by atoms with Crippen molar-refractivity contribution in [3.8, 4) is 11.5 Å². The lowest BCUT2D eigenvalue weighted by atomic mass is 10.1. The number of methoxy groups -OCH3 is 1. The van der Waals surface area contributed by atoms with Gasteiger partial charge in [0.1, 0.15) is 11.5 Å². The highest BCUT2D eigenvalue weighted by Crippen LogP contribution is 2.21. The van der Waals surface area contributed by atoms with Gasteiger partial charge in [-0.3, -0.25) is 9.78 Å². The summed E-state index contributed by atoms with van der Waals surface area (Å²) < 4.78 is 5.06. The molecule has 0 aliphatic rings. The molecule has 8 heteroatoms. The van der Waals surface area contributed by atoms with E-state index < -0.39 is 0 Å². The van der Waals surface area contributed by atoms with Gasteiger partial charge in [0.25, 0.3) is 5.91 Å². The van der Waals surface area contributed by atoms with Crippen LogP contribution in [0.15, 0.2) is 35.6 Å². The third-order valence-corrected chi connectivity index (χ3v) is 3.45. The van der Waals surface area contributed by atoms with Crippen LogP contribution in [0.2, 0.25) is 0 Å². The van der Waals surface area contributed by atoms with Crippen LogP contribution in [0.5, 0.6) is 11.5 Å². The van der Waals surface area contributed by atoms with Gasteiger partial charge in [0.05, 0.1) is 32.2 Å². The van der Waals surface area contributed by atoms with Gasteiger partial charge >= 0.3 is 0 Å². The number of aliphatic hydroxyl groups is 1. The van der Waals surface area contributed by atoms with Gasteiger partial charge in [-0.15, -0.1) is 0 Å². The molecular weight excluding hydrogens is 324 g/mol. The predicted octanol–water partition coefficient (Wildman–Crippen LogP) is 1.16. The summed E-state index contributed by atoms with van der Waals surface area (Å²) in [4.78, 5) is 15.8. The normalized spacial score (nSPS) is 10.7. The second-order valence-electron chi connectivity index (χ2n) is 5.16. The number of hydrogen-bond acceptors (Lipinski definition) is 7. The van der Waals surface area contributed by atoms with E-state index in [1.54, 1.807) is 38.3 Å². The molecule has 0 saturated carbocycles. The van der Waals surface area contributed by atoms with E-state index in [4.69, 9.17) is 4.74 Å². The van der Waals surface area contributed by atoms with Crippen molar-refractivity contribution in [2.24, 2.45) is 5.10 Å². The van der Waals surface area contributed by atoms with E-state index in [-0.39, 0.29) is 24.8 Å². The molecule has 0 saturated heterocycles. The average molecular weight is 344 g/mol. The van der Waals surface area contributed by atoms with E-state index >= 15 is 0 Å². The van der Waals surface area contributed by atoms with E-state index in [0.29, 0.717) is 16.8 Å². The maximum absolute atomic E-state index is 11.8. The summed E-state index contributed by atoms with van der Waals surface area (Å²) in [5, 5.41) is 26.0. The number of carbonyl (C=O) groups excluding carboxylic acids is 1. The van der Waals surface area contributed by atoms with Gasteiger partial charge in [-0.2, -0.15) is 5.10 Å². The molecule has 0 aliphatic heterocycles. The number of benzene rings is 1. The highest BCUT2D eigenvalue weighted by atomic mass is 16.5. The van der Waals surface area contributed by atoms with Crippen LogP contribution in [0.4, 0.5) is 5.69 Å². The summed E-state index contributed by atoms with van der Waals surface area (Å²) in [5.74, 6) is 0.288. The van der Waals surface area contributed by atoms with E-state index in [1.807, 2.05) is 0 Å². The lowest BCUT2D eigenvalue weighted by Gasteiger charge is -2.08. The van der Waals surface area contributed by atoms with Crippen LogP contribution in [0.1, 0.15) is 16.8 Å². The third-order valence-electron chi connectivity index (χ3n) is 3.45. The van der Waals surface area contributed by atoms with Gasteiger partial charge in [-0.05, 0) is 31.2 Å². The first kappa shape index (κ1) is 18.2. The number of aromatic hydroxyl groups is 1. The van der Waals surface area contributed by atoms with Crippen molar-refractivity contribution in [3.05, 3.63) is 47.3 Å². The standard InChI is InChI=1S/C17H20N4O4/c1-11-17(24)15(12(10-22)7-18-11)8-20-21-16(23)9-19-13-3-5-14(25-2)6-4-13/h3-8,19,22,24H,9-10H2,1-2H3,(H,21,23)/b20-8+. The first-order chi connectivity index (χ1) is 12.0. The first-order valence-corrected chi connectivity index (χ1v) is 7.53. The minimum atomic E-state index is -0.358. The fourth-order valence-electron chi connectivity index (χ4n) is 2.02. The number of nitrogens with zero attached hydrogens (tertiary/aromatic N) is 2. The van der Waals surface area contributed by atoms with Crippen molar-refractivity contribution in [1.82, 2.24) is 10.4 Å². The van der Waals surface area contributed by atoms with Gasteiger partial charge in [-0.1, -0.05) is 0 Å². The number of anilines is 1. The summed E-state index contributed by atoms with van der Waals surface area (Å²) in [6.07, 6.45) is 2.73. The molecular formula is C17H20N4O4. The van der Waals surface area contributed by atoms with Gasteiger partial charge in [0, 0.05) is 23.0 Å². The summed E-state index contributed by atoms with van der Waals surface area (Å²) in [7, 11) is 1.58. The van der Waals surface area contributed by atoms with Crippen molar-refractivity contribution >= 4 is 17.8 Å². The molecule has 1 aromatic carbocycles. The van der Waals surface area contributed by atoms with E-state index in [0.717, 1.165) is 11.4 Å². The molecule has 4 N–H and O–H groups in total. The Kier molecular flexibility index (Phi) is 6.30. The van der Waals surface area contributed by atoms with E-state index in [2.05, 4.69) is 20.8 Å². The van der Waals surface area contributed by atoms with Crippen molar-refractivity contribution in [1.29, 1.82) is 0 Å². The summed E-state index contributed by atoms with van der Waals surface area (Å²) >= 11 is 0. The number of rotatable bonds is 7. The molecule has 0 fully saturated rings. The molecule has 0 radical (unpaired) electrons. The number of aryl methyl sites for hydroxylation is 1. The van der Waals surface area contributed by atoms with Crippen molar-refractivity contribution < 1.29 is 19.7 Å². The summed E-state index contributed by atoms with van der Waals surface area (Å²) in [5.41, 5.74) is 4.26. The smallest absolute Gasteiger partial charge is 0.259 e. The average Bonchev–Trinajstić information content (AvgIpc) is 2.64. The molecule has 2 rings (SSSR count). The van der Waals surface area contributed by atoms with Crippen molar-refractivity contribution in [3.63, 3.8) is 0 Å². The van der Waals surface area contributed by atoms with Crippen LogP contribution in [-0.4, -0.2) is 41.0 Å². The number of hydrazone groups is 1. The molecule has 132 valence electrons. The maximum Gasteiger partial charge on any atom is 0.259 e. The Morgan fingerprint density at radius 1 is 1.36 bits per heavy atom. The molecule has 0 bridgehead atoms. The lowest BCUT2D eigenvalue weighted by molar-refractivity contribution is -0.119. The number of pyridine rings is 1. The van der Waals surface area contributed by atoms with E-state index in [9.17, 15) is 15.0 Å². The second-order valence-corrected chi connectivity index (χ2v) is 5.16. The largest absolute Gasteiger partial charge is 0.505 e. The predicted molar refractivity (Wildman–Crippen MR) is 93.8 cm³/mol. The fourth-order valence-corrected chi connectivity index (χ4v) is 2.02. The number of aromatic nitrogens is 1. The Hall–Kier alpha value is -3.13. The number of aliphatic hydroxyl groups excluding tert-OH is 1. The Bertz CT molecular complexity index is 760. The zero-order chi connectivity index (χ0) is 18.2. The molecule has 1 heterocycles. The molecule has 0 aliphatic carbocycles. The fraction of sp³-hybridized carbons (Fsp3) is 0.235. The van der Waals surface area contributed by atoms with Gasteiger partial charge in [-0.25, -0.2) is 5.43 Å². The highest BCUT2D eigenvalue weighted by molar-refractivity contribution is 5.87. The monoisotopic (exact) mass is 344 g/mol. The molecule has 1 aromatic heterocycles. The van der Waals surface area contributed by atoms with Crippen molar-refractivity contribution in [2.45, 2.75) is 13.5 Å². The zero-order valence-corrected chi connectivity index (χ0v) is 14.0. The van der Waals surface area contributed by atoms with Crippen LogP contribution >= 0.6 is 0 Å². The van der Waals surface area contributed by atoms with Crippen LogP contribution in [0, 0.1) is 6.92 Å². The topological polar surface area (TPSA) is 116 Å². The van der Waals surface area contributed by atoms with Crippen LogP contribution in [-0.2, 0) is 11.4 Å². The highest BCUT2D eigenvalue weighted by Gasteiger charge is 2.09. The first-order valence-electron chi connectivity index (χ1n) is 7.53. The SMILES string of the molecule is COc1ccc(NCC(=O)N/N=C/c2c(CO)cnc(C)c2O)cc1. The van der Waals surface area contributed by atoms with Crippen LogP contribution < -0.4 is 15.5 Å². The Labute approximate surface area is 145 Å². The number of nitrogens with one attached hydrogen (secondary N) is 2. The molecule has 8 nitrogen and oxygen atoms in total. The summed E-state index contributed by atoms with van der Waals surface area (Å²) in [6.45, 7) is 1.36. The number of hydrogen-bond donors (Lipinski definition) is 4. The minimum Gasteiger partial charge on any atom is -0.505 e. The second kappa shape index (κ2) is 8.65. The molecule has 0 unspecified atom stereocenters.